The number of likely N-dealkylation sites (N-methyl/N-ethyl adjacent to an activating group) is 1. The van der Waals surface area contributed by atoms with E-state index in [2.05, 4.69) is 37.8 Å². The molecule has 7 heteroatoms. The van der Waals surface area contributed by atoms with Crippen LogP contribution in [0.2, 0.25) is 0 Å². The van der Waals surface area contributed by atoms with Crippen molar-refractivity contribution in [3.63, 3.8) is 0 Å². The normalized spacial score (nSPS) is 18.4. The van der Waals surface area contributed by atoms with E-state index in [1.165, 1.54) is 0 Å². The molecular weight excluding hydrogens is 206 g/mol. The molecular formula is C9H17N7. The molecule has 0 aromatic carbocycles. The van der Waals surface area contributed by atoms with E-state index in [0.717, 1.165) is 26.2 Å². The predicted octanol–water partition coefficient (Wildman–Crippen LogP) is -0.663. The molecule has 1 aliphatic rings. The number of hydrogen-bond acceptors (Lipinski definition) is 7. The Morgan fingerprint density at radius 1 is 1.19 bits per heavy atom. The number of hydrazine groups is 2. The van der Waals surface area contributed by atoms with Crippen LogP contribution in [-0.2, 0) is 0 Å². The molecule has 7 nitrogen and oxygen atoms in total. The van der Waals surface area contributed by atoms with E-state index in [-0.39, 0.29) is 0 Å². The molecule has 0 bridgehead atoms. The summed E-state index contributed by atoms with van der Waals surface area (Å²) >= 11 is 0. The zero-order chi connectivity index (χ0) is 11.4. The first-order valence-electron chi connectivity index (χ1n) is 5.27. The number of nitrogens with zero attached hydrogens (tertiary/aromatic N) is 4. The van der Waals surface area contributed by atoms with Gasteiger partial charge in [0.05, 0.1) is 12.4 Å². The second-order valence-electron chi connectivity index (χ2n) is 3.84. The maximum atomic E-state index is 5.27. The van der Waals surface area contributed by atoms with Gasteiger partial charge in [0.25, 0.3) is 0 Å². The average Bonchev–Trinajstić information content (AvgIpc) is 2.32. The van der Waals surface area contributed by atoms with Crippen LogP contribution in [0.15, 0.2) is 12.4 Å². The van der Waals surface area contributed by atoms with Crippen LogP contribution in [0, 0.1) is 0 Å². The highest BCUT2D eigenvalue weighted by Crippen LogP contribution is 2.07. The first-order chi connectivity index (χ1) is 7.78. The summed E-state index contributed by atoms with van der Waals surface area (Å²) in [6.07, 6.45) is 3.26. The van der Waals surface area contributed by atoms with E-state index >= 15 is 0 Å². The molecule has 0 saturated carbocycles. The fraction of sp³-hybridized carbons (Fsp3) is 0.556. The molecule has 0 amide bonds. The second kappa shape index (κ2) is 5.06. The first kappa shape index (κ1) is 11.1. The van der Waals surface area contributed by atoms with Crippen LogP contribution in [0.5, 0.6) is 0 Å². The molecule has 88 valence electrons. The summed E-state index contributed by atoms with van der Waals surface area (Å²) in [6, 6.07) is 0. The van der Waals surface area contributed by atoms with Crippen molar-refractivity contribution in [2.24, 2.45) is 5.84 Å². The van der Waals surface area contributed by atoms with Gasteiger partial charge < -0.3 is 15.8 Å². The van der Waals surface area contributed by atoms with Gasteiger partial charge in [0.15, 0.2) is 11.6 Å². The van der Waals surface area contributed by atoms with Crippen molar-refractivity contribution in [3.05, 3.63) is 12.4 Å². The first-order valence-corrected chi connectivity index (χ1v) is 5.27. The third-order valence-electron chi connectivity index (χ3n) is 2.56. The number of anilines is 2. The molecule has 0 unspecified atom stereocenters. The van der Waals surface area contributed by atoms with Crippen molar-refractivity contribution in [2.75, 3.05) is 44.1 Å². The molecule has 16 heavy (non-hydrogen) atoms. The lowest BCUT2D eigenvalue weighted by atomic mass is 10.4. The molecule has 0 aliphatic carbocycles. The summed E-state index contributed by atoms with van der Waals surface area (Å²) in [5.74, 6) is 6.53. The lowest BCUT2D eigenvalue weighted by molar-refractivity contribution is 0.178. The molecule has 0 spiro atoms. The van der Waals surface area contributed by atoms with Crippen LogP contribution < -0.4 is 16.7 Å². The standard InChI is InChI=1S/C9H17N7/c1-15-2-4-16(5-3-15)14-9-7-11-6-8(12-9)13-10/h6-7H,2-5,10H2,1H3,(H2,12,13,14). The summed E-state index contributed by atoms with van der Waals surface area (Å²) in [6.45, 7) is 4.04. The number of nitrogens with two attached hydrogens (primary N) is 1. The van der Waals surface area contributed by atoms with Gasteiger partial charge in [0, 0.05) is 26.2 Å². The number of rotatable bonds is 3. The number of piperazine rings is 1. The highest BCUT2D eigenvalue weighted by Gasteiger charge is 2.13. The molecule has 1 aliphatic heterocycles. The summed E-state index contributed by atoms with van der Waals surface area (Å²) < 4.78 is 0. The van der Waals surface area contributed by atoms with Crippen molar-refractivity contribution in [3.8, 4) is 0 Å². The minimum atomic E-state index is 0.555. The monoisotopic (exact) mass is 223 g/mol. The van der Waals surface area contributed by atoms with Gasteiger partial charge in [-0.1, -0.05) is 0 Å². The fourth-order valence-corrected chi connectivity index (χ4v) is 1.57. The van der Waals surface area contributed by atoms with E-state index in [1.54, 1.807) is 12.4 Å². The minimum absolute atomic E-state index is 0.555. The van der Waals surface area contributed by atoms with Crippen molar-refractivity contribution >= 4 is 11.6 Å². The summed E-state index contributed by atoms with van der Waals surface area (Å²) in [5, 5.41) is 2.13. The van der Waals surface area contributed by atoms with E-state index in [0.29, 0.717) is 11.6 Å². The summed E-state index contributed by atoms with van der Waals surface area (Å²) in [5.41, 5.74) is 5.68. The van der Waals surface area contributed by atoms with E-state index in [1.807, 2.05) is 0 Å². The van der Waals surface area contributed by atoms with Crippen LogP contribution in [-0.4, -0.2) is 53.1 Å². The second-order valence-corrected chi connectivity index (χ2v) is 3.84. The van der Waals surface area contributed by atoms with Gasteiger partial charge in [-0.05, 0) is 7.05 Å². The van der Waals surface area contributed by atoms with Crippen LogP contribution in [0.4, 0.5) is 11.6 Å². The largest absolute Gasteiger partial charge is 0.307 e. The average molecular weight is 223 g/mol. The molecule has 4 N–H and O–H groups in total. The van der Waals surface area contributed by atoms with E-state index < -0.39 is 0 Å². The lowest BCUT2D eigenvalue weighted by Gasteiger charge is -2.32. The lowest BCUT2D eigenvalue weighted by Crippen LogP contribution is -2.47. The zero-order valence-corrected chi connectivity index (χ0v) is 9.35. The molecule has 0 radical (unpaired) electrons. The van der Waals surface area contributed by atoms with E-state index in [4.69, 9.17) is 5.84 Å². The molecule has 1 saturated heterocycles. The Labute approximate surface area is 94.6 Å². The number of nitrogen functional groups attached to an aromatic ring is 1. The Hall–Kier alpha value is -1.44. The quantitative estimate of drug-likeness (QED) is 0.463. The van der Waals surface area contributed by atoms with Gasteiger partial charge in [0.1, 0.15) is 0 Å². The van der Waals surface area contributed by atoms with Crippen molar-refractivity contribution in [2.45, 2.75) is 0 Å². The zero-order valence-electron chi connectivity index (χ0n) is 9.35. The number of aromatic nitrogens is 2. The smallest absolute Gasteiger partial charge is 0.161 e. The Kier molecular flexibility index (Phi) is 3.50. The predicted molar refractivity (Wildman–Crippen MR) is 62.5 cm³/mol. The third kappa shape index (κ3) is 2.78. The summed E-state index contributed by atoms with van der Waals surface area (Å²) in [4.78, 5) is 10.6. The van der Waals surface area contributed by atoms with Gasteiger partial charge >= 0.3 is 0 Å². The van der Waals surface area contributed by atoms with Crippen molar-refractivity contribution in [1.29, 1.82) is 0 Å². The molecule has 1 fully saturated rings. The van der Waals surface area contributed by atoms with Gasteiger partial charge in [-0.2, -0.15) is 0 Å². The maximum Gasteiger partial charge on any atom is 0.161 e. The van der Waals surface area contributed by atoms with Crippen LogP contribution >= 0.6 is 0 Å². The Morgan fingerprint density at radius 3 is 2.56 bits per heavy atom. The Morgan fingerprint density at radius 2 is 1.88 bits per heavy atom. The minimum Gasteiger partial charge on any atom is -0.307 e. The molecule has 1 aromatic heterocycles. The number of hydrogen-bond donors (Lipinski definition) is 3. The Bertz CT molecular complexity index is 334. The Balaban J connectivity index is 1.93. The van der Waals surface area contributed by atoms with Crippen LogP contribution in [0.25, 0.3) is 0 Å². The summed E-state index contributed by atoms with van der Waals surface area (Å²) in [7, 11) is 2.12. The third-order valence-corrected chi connectivity index (χ3v) is 2.56. The topological polar surface area (TPSA) is 82.3 Å². The highest BCUT2D eigenvalue weighted by molar-refractivity contribution is 5.39. The van der Waals surface area contributed by atoms with E-state index in [9.17, 15) is 0 Å². The van der Waals surface area contributed by atoms with Gasteiger partial charge in [-0.15, -0.1) is 0 Å². The van der Waals surface area contributed by atoms with Crippen LogP contribution in [0.3, 0.4) is 0 Å². The van der Waals surface area contributed by atoms with Gasteiger partial charge in [-0.25, -0.2) is 15.8 Å². The van der Waals surface area contributed by atoms with Gasteiger partial charge in [0.2, 0.25) is 0 Å². The maximum absolute atomic E-state index is 5.27. The molecule has 0 atom stereocenters. The molecule has 2 rings (SSSR count). The SMILES string of the molecule is CN1CCN(Nc2cncc(NN)n2)CC1. The van der Waals surface area contributed by atoms with Gasteiger partial charge in [-0.3, -0.25) is 4.98 Å². The fourth-order valence-electron chi connectivity index (χ4n) is 1.57. The van der Waals surface area contributed by atoms with Crippen LogP contribution in [0.1, 0.15) is 0 Å². The van der Waals surface area contributed by atoms with Crippen molar-refractivity contribution in [1.82, 2.24) is 19.9 Å². The highest BCUT2D eigenvalue weighted by atomic mass is 15.5. The number of nitrogens with one attached hydrogen (secondary N) is 2. The molecule has 1 aromatic rings. The molecule has 2 heterocycles. The van der Waals surface area contributed by atoms with Crippen molar-refractivity contribution < 1.29 is 0 Å².